The third-order valence-corrected chi connectivity index (χ3v) is 3.87. The van der Waals surface area contributed by atoms with Crippen molar-refractivity contribution >= 4 is 11.6 Å². The number of H-pyrrole nitrogens is 1. The van der Waals surface area contributed by atoms with Crippen molar-refractivity contribution in [2.45, 2.75) is 6.18 Å². The third kappa shape index (κ3) is 4.95. The number of halogens is 3. The summed E-state index contributed by atoms with van der Waals surface area (Å²) in [5, 5.41) is 2.40. The second-order valence-corrected chi connectivity index (χ2v) is 5.88. The van der Waals surface area contributed by atoms with E-state index in [1.165, 1.54) is 19.4 Å². The molecular weight excluding hydrogens is 389 g/mol. The van der Waals surface area contributed by atoms with Crippen LogP contribution in [-0.4, -0.2) is 18.0 Å². The van der Waals surface area contributed by atoms with Gasteiger partial charge in [0, 0.05) is 18.0 Å². The topological polar surface area (TPSA) is 80.4 Å². The fourth-order valence-corrected chi connectivity index (χ4v) is 2.46. The number of amides is 1. The van der Waals surface area contributed by atoms with Gasteiger partial charge in [-0.25, -0.2) is 0 Å². The molecule has 2 N–H and O–H groups in total. The molecule has 3 aromatic rings. The predicted octanol–water partition coefficient (Wildman–Crippen LogP) is 4.45. The van der Waals surface area contributed by atoms with Gasteiger partial charge in [0.2, 0.25) is 5.56 Å². The lowest BCUT2D eigenvalue weighted by atomic mass is 10.1. The summed E-state index contributed by atoms with van der Waals surface area (Å²) < 4.78 is 50.0. The maximum Gasteiger partial charge on any atom is 0.416 e. The summed E-state index contributed by atoms with van der Waals surface area (Å²) >= 11 is 0. The van der Waals surface area contributed by atoms with E-state index in [1.807, 2.05) is 0 Å². The summed E-state index contributed by atoms with van der Waals surface area (Å²) in [5.41, 5.74) is -1.68. The van der Waals surface area contributed by atoms with Crippen LogP contribution < -0.4 is 20.3 Å². The second-order valence-electron chi connectivity index (χ2n) is 5.88. The molecule has 1 aromatic heterocycles. The molecule has 0 radical (unpaired) electrons. The van der Waals surface area contributed by atoms with Crippen LogP contribution in [0.15, 0.2) is 65.6 Å². The van der Waals surface area contributed by atoms with Crippen LogP contribution in [0.1, 0.15) is 15.9 Å². The molecule has 0 spiro atoms. The molecule has 0 aliphatic carbocycles. The number of anilines is 1. The Labute approximate surface area is 162 Å². The first-order valence-corrected chi connectivity index (χ1v) is 8.29. The number of rotatable bonds is 5. The Hall–Kier alpha value is -3.75. The number of carbonyl (C=O) groups is 1. The summed E-state index contributed by atoms with van der Waals surface area (Å²) in [4.78, 5) is 26.4. The molecule has 0 aliphatic heterocycles. The maximum atomic E-state index is 13.1. The molecule has 0 bridgehead atoms. The van der Waals surface area contributed by atoms with Gasteiger partial charge in [0.25, 0.3) is 5.91 Å². The van der Waals surface area contributed by atoms with E-state index >= 15 is 0 Å². The maximum absolute atomic E-state index is 13.1. The minimum absolute atomic E-state index is 0.0782. The van der Waals surface area contributed by atoms with E-state index in [0.717, 1.165) is 18.2 Å². The van der Waals surface area contributed by atoms with Gasteiger partial charge in [0.05, 0.1) is 18.2 Å². The number of aromatic nitrogens is 1. The molecule has 0 saturated heterocycles. The van der Waals surface area contributed by atoms with Gasteiger partial charge in [-0.1, -0.05) is 0 Å². The average molecular weight is 404 g/mol. The lowest BCUT2D eigenvalue weighted by Crippen LogP contribution is -2.16. The van der Waals surface area contributed by atoms with Crippen LogP contribution >= 0.6 is 0 Å². The number of benzene rings is 2. The Balaban J connectivity index is 1.96. The van der Waals surface area contributed by atoms with Crippen LogP contribution in [0.5, 0.6) is 17.2 Å². The van der Waals surface area contributed by atoms with Crippen molar-refractivity contribution in [3.63, 3.8) is 0 Å². The van der Waals surface area contributed by atoms with Crippen LogP contribution in [-0.2, 0) is 6.18 Å². The van der Waals surface area contributed by atoms with Crippen molar-refractivity contribution in [1.29, 1.82) is 0 Å². The highest BCUT2D eigenvalue weighted by Crippen LogP contribution is 2.34. The first kappa shape index (κ1) is 20.0. The summed E-state index contributed by atoms with van der Waals surface area (Å²) in [6.45, 7) is 0. The highest BCUT2D eigenvalue weighted by molar-refractivity contribution is 6.06. The van der Waals surface area contributed by atoms with Gasteiger partial charge in [0.1, 0.15) is 17.2 Å². The quantitative estimate of drug-likeness (QED) is 0.659. The fourth-order valence-electron chi connectivity index (χ4n) is 2.46. The van der Waals surface area contributed by atoms with Gasteiger partial charge in [-0.3, -0.25) is 9.59 Å². The molecule has 2 aromatic carbocycles. The summed E-state index contributed by atoms with van der Waals surface area (Å²) in [6, 6.07) is 11.4. The minimum Gasteiger partial charge on any atom is -0.497 e. The molecule has 0 atom stereocenters. The summed E-state index contributed by atoms with van der Waals surface area (Å²) in [6.07, 6.45) is -3.34. The van der Waals surface area contributed by atoms with E-state index in [1.54, 1.807) is 24.3 Å². The van der Waals surface area contributed by atoms with Gasteiger partial charge in [-0.05, 0) is 48.5 Å². The number of hydrogen-bond acceptors (Lipinski definition) is 4. The average Bonchev–Trinajstić information content (AvgIpc) is 2.68. The minimum atomic E-state index is -4.64. The zero-order chi connectivity index (χ0) is 21.0. The van der Waals surface area contributed by atoms with Gasteiger partial charge in [0.15, 0.2) is 0 Å². The van der Waals surface area contributed by atoms with Gasteiger partial charge in [-0.2, -0.15) is 13.2 Å². The molecular formula is C20H15F3N2O4. The van der Waals surface area contributed by atoms with Crippen LogP contribution in [0.4, 0.5) is 18.9 Å². The molecule has 1 heterocycles. The Bertz CT molecular complexity index is 1080. The van der Waals surface area contributed by atoms with Crippen LogP contribution in [0.2, 0.25) is 0 Å². The van der Waals surface area contributed by atoms with Gasteiger partial charge >= 0.3 is 6.18 Å². The lowest BCUT2D eigenvalue weighted by molar-refractivity contribution is -0.137. The first-order chi connectivity index (χ1) is 13.8. The SMILES string of the molecule is COc1ccc(Oc2ccc(C(F)(F)F)cc2C(=O)Nc2cc[nH]c(=O)c2)cc1. The van der Waals surface area contributed by atoms with Crippen molar-refractivity contribution in [3.8, 4) is 17.2 Å². The molecule has 0 saturated carbocycles. The molecule has 150 valence electrons. The standard InChI is InChI=1S/C20H15F3N2O4/c1-28-14-3-5-15(6-4-14)29-17-7-2-12(20(21,22)23)10-16(17)19(27)25-13-8-9-24-18(26)11-13/h2-11H,1H3,(H2,24,25,26,27). The molecule has 3 rings (SSSR count). The third-order valence-electron chi connectivity index (χ3n) is 3.87. The number of aromatic amines is 1. The van der Waals surface area contributed by atoms with E-state index in [9.17, 15) is 22.8 Å². The summed E-state index contributed by atoms with van der Waals surface area (Å²) in [5.74, 6) is -0.0662. The molecule has 0 fully saturated rings. The number of hydrogen-bond donors (Lipinski definition) is 2. The second kappa shape index (κ2) is 8.09. The number of carbonyl (C=O) groups excluding carboxylic acids is 1. The van der Waals surface area contributed by atoms with E-state index in [-0.39, 0.29) is 17.0 Å². The van der Waals surface area contributed by atoms with E-state index in [2.05, 4.69) is 10.3 Å². The largest absolute Gasteiger partial charge is 0.497 e. The van der Waals surface area contributed by atoms with Crippen molar-refractivity contribution in [3.05, 3.63) is 82.3 Å². The lowest BCUT2D eigenvalue weighted by Gasteiger charge is -2.14. The van der Waals surface area contributed by atoms with Crippen molar-refractivity contribution < 1.29 is 27.4 Å². The van der Waals surface area contributed by atoms with Crippen molar-refractivity contribution in [2.24, 2.45) is 0 Å². The fraction of sp³-hybridized carbons (Fsp3) is 0.100. The number of pyridine rings is 1. The number of nitrogens with one attached hydrogen (secondary N) is 2. The van der Waals surface area contributed by atoms with E-state index in [0.29, 0.717) is 17.6 Å². The Morgan fingerprint density at radius 2 is 1.69 bits per heavy atom. The molecule has 0 aliphatic rings. The molecule has 29 heavy (non-hydrogen) atoms. The van der Waals surface area contributed by atoms with E-state index in [4.69, 9.17) is 9.47 Å². The Morgan fingerprint density at radius 3 is 2.31 bits per heavy atom. The summed E-state index contributed by atoms with van der Waals surface area (Å²) in [7, 11) is 1.49. The first-order valence-electron chi connectivity index (χ1n) is 8.29. The zero-order valence-electron chi connectivity index (χ0n) is 15.0. The number of methoxy groups -OCH3 is 1. The molecule has 1 amide bonds. The monoisotopic (exact) mass is 404 g/mol. The Kier molecular flexibility index (Phi) is 5.58. The normalized spacial score (nSPS) is 11.0. The van der Waals surface area contributed by atoms with Crippen LogP contribution in [0.3, 0.4) is 0 Å². The smallest absolute Gasteiger partial charge is 0.416 e. The van der Waals surface area contributed by atoms with Crippen molar-refractivity contribution in [2.75, 3.05) is 12.4 Å². The zero-order valence-corrected chi connectivity index (χ0v) is 15.0. The van der Waals surface area contributed by atoms with Gasteiger partial charge in [-0.15, -0.1) is 0 Å². The number of alkyl halides is 3. The van der Waals surface area contributed by atoms with Gasteiger partial charge < -0.3 is 19.8 Å². The highest BCUT2D eigenvalue weighted by atomic mass is 19.4. The predicted molar refractivity (Wildman–Crippen MR) is 99.5 cm³/mol. The van der Waals surface area contributed by atoms with Crippen LogP contribution in [0, 0.1) is 0 Å². The highest BCUT2D eigenvalue weighted by Gasteiger charge is 2.32. The molecule has 6 nitrogen and oxygen atoms in total. The molecule has 9 heteroatoms. The van der Waals surface area contributed by atoms with Crippen LogP contribution in [0.25, 0.3) is 0 Å². The number of ether oxygens (including phenoxy) is 2. The molecule has 0 unspecified atom stereocenters. The Morgan fingerprint density at radius 1 is 1.00 bits per heavy atom. The van der Waals surface area contributed by atoms with Crippen molar-refractivity contribution in [1.82, 2.24) is 4.98 Å². The van der Waals surface area contributed by atoms with E-state index < -0.39 is 23.2 Å².